The van der Waals surface area contributed by atoms with Gasteiger partial charge in [0.2, 0.25) is 0 Å². The van der Waals surface area contributed by atoms with Gasteiger partial charge >= 0.3 is 11.5 Å². The Morgan fingerprint density at radius 3 is 2.58 bits per heavy atom. The number of carbonyl (C=O) groups is 1. The molecule has 0 amide bonds. The van der Waals surface area contributed by atoms with Gasteiger partial charge in [-0.2, -0.15) is 13.2 Å². The van der Waals surface area contributed by atoms with Crippen molar-refractivity contribution < 1.29 is 27.5 Å². The van der Waals surface area contributed by atoms with E-state index in [-0.39, 0.29) is 30.4 Å². The number of carboxylic acid groups (broad SMARTS) is 1. The average Bonchev–Trinajstić information content (AvgIpc) is 2.26. The fourth-order valence-corrected chi connectivity index (χ4v) is 2.21. The molecule has 1 N–H and O–H groups in total. The Hall–Kier alpha value is -1.24. The number of aliphatic carboxylic acids is 1. The molecule has 0 fully saturated rings. The molecule has 1 atom stereocenters. The molecule has 0 aliphatic rings. The molecule has 1 unspecified atom stereocenters. The second-order valence-corrected chi connectivity index (χ2v) is 5.11. The van der Waals surface area contributed by atoms with Crippen LogP contribution in [0.15, 0.2) is 24.3 Å². The predicted octanol–water partition coefficient (Wildman–Crippen LogP) is 3.71. The van der Waals surface area contributed by atoms with E-state index in [1.807, 2.05) is 0 Å². The zero-order valence-corrected chi connectivity index (χ0v) is 10.6. The average molecular weight is 296 g/mol. The Morgan fingerprint density at radius 2 is 2.05 bits per heavy atom. The largest absolute Gasteiger partial charge is 0.481 e. The minimum atomic E-state index is -4.36. The highest BCUT2D eigenvalue weighted by atomic mass is 32.2. The molecule has 0 heterocycles. The number of halogens is 4. The van der Waals surface area contributed by atoms with Crippen molar-refractivity contribution in [1.29, 1.82) is 0 Å². The Kier molecular flexibility index (Phi) is 5.65. The number of rotatable bonds is 6. The summed E-state index contributed by atoms with van der Waals surface area (Å²) in [6.45, 7) is 0. The van der Waals surface area contributed by atoms with Gasteiger partial charge in [0, 0.05) is 5.75 Å². The van der Waals surface area contributed by atoms with Crippen LogP contribution < -0.4 is 0 Å². The number of thioether (sulfide) groups is 1. The lowest BCUT2D eigenvalue weighted by atomic mass is 9.97. The van der Waals surface area contributed by atoms with Gasteiger partial charge in [0.05, 0.1) is 5.92 Å². The summed E-state index contributed by atoms with van der Waals surface area (Å²) >= 11 is -0.244. The number of hydrogen-bond donors (Lipinski definition) is 1. The molecule has 1 aromatic carbocycles. The molecule has 106 valence electrons. The molecule has 0 saturated heterocycles. The predicted molar refractivity (Wildman–Crippen MR) is 64.4 cm³/mol. The summed E-state index contributed by atoms with van der Waals surface area (Å²) in [5.41, 5.74) is -3.90. The smallest absolute Gasteiger partial charge is 0.441 e. The third kappa shape index (κ3) is 6.47. The highest BCUT2D eigenvalue weighted by Crippen LogP contribution is 2.31. The monoisotopic (exact) mass is 296 g/mol. The minimum absolute atomic E-state index is 0.0194. The molecule has 2 nitrogen and oxygen atoms in total. The summed E-state index contributed by atoms with van der Waals surface area (Å²) in [5, 5.41) is 8.95. The van der Waals surface area contributed by atoms with Crippen LogP contribution in [0.25, 0.3) is 0 Å². The molecule has 0 bridgehead atoms. The zero-order chi connectivity index (χ0) is 14.5. The van der Waals surface area contributed by atoms with Crippen LogP contribution in [0.5, 0.6) is 0 Å². The van der Waals surface area contributed by atoms with Crippen LogP contribution >= 0.6 is 11.8 Å². The van der Waals surface area contributed by atoms with E-state index in [0.29, 0.717) is 5.56 Å². The molecule has 0 spiro atoms. The number of alkyl halides is 3. The van der Waals surface area contributed by atoms with Crippen LogP contribution in [0, 0.1) is 11.7 Å². The van der Waals surface area contributed by atoms with Crippen LogP contribution in [-0.2, 0) is 11.2 Å². The van der Waals surface area contributed by atoms with Gasteiger partial charge in [0.15, 0.2) is 0 Å². The lowest BCUT2D eigenvalue weighted by Gasteiger charge is -2.13. The normalized spacial score (nSPS) is 13.3. The molecule has 7 heteroatoms. The first-order chi connectivity index (χ1) is 8.78. The van der Waals surface area contributed by atoms with Gasteiger partial charge in [-0.15, -0.1) is 0 Å². The van der Waals surface area contributed by atoms with Gasteiger partial charge in [-0.3, -0.25) is 4.79 Å². The zero-order valence-electron chi connectivity index (χ0n) is 9.78. The van der Waals surface area contributed by atoms with E-state index in [9.17, 15) is 22.4 Å². The Labute approximate surface area is 111 Å². The lowest BCUT2D eigenvalue weighted by Crippen LogP contribution is -2.18. The van der Waals surface area contributed by atoms with Crippen molar-refractivity contribution in [2.24, 2.45) is 5.92 Å². The van der Waals surface area contributed by atoms with Crippen molar-refractivity contribution in [3.63, 3.8) is 0 Å². The Balaban J connectivity index is 2.56. The molecule has 1 aromatic rings. The van der Waals surface area contributed by atoms with E-state index >= 15 is 0 Å². The van der Waals surface area contributed by atoms with Crippen molar-refractivity contribution in [1.82, 2.24) is 0 Å². The Morgan fingerprint density at radius 1 is 1.37 bits per heavy atom. The number of hydrogen-bond acceptors (Lipinski definition) is 2. The maximum absolute atomic E-state index is 12.9. The van der Waals surface area contributed by atoms with Gasteiger partial charge in [0.25, 0.3) is 0 Å². The van der Waals surface area contributed by atoms with E-state index in [4.69, 9.17) is 5.11 Å². The molecule has 0 aliphatic heterocycles. The van der Waals surface area contributed by atoms with Gasteiger partial charge in [-0.05, 0) is 30.5 Å². The number of benzene rings is 1. The van der Waals surface area contributed by atoms with Crippen LogP contribution in [-0.4, -0.2) is 22.3 Å². The van der Waals surface area contributed by atoms with E-state index in [0.717, 1.165) is 0 Å². The summed E-state index contributed by atoms with van der Waals surface area (Å²) in [5.74, 6) is -2.94. The van der Waals surface area contributed by atoms with Crippen LogP contribution in [0.2, 0.25) is 0 Å². The van der Waals surface area contributed by atoms with Crippen LogP contribution in [0.3, 0.4) is 0 Å². The first kappa shape index (κ1) is 15.8. The lowest BCUT2D eigenvalue weighted by molar-refractivity contribution is -0.141. The second-order valence-electron chi connectivity index (χ2n) is 3.95. The maximum Gasteiger partial charge on any atom is 0.441 e. The van der Waals surface area contributed by atoms with Crippen molar-refractivity contribution in [3.8, 4) is 0 Å². The molecule has 0 aliphatic carbocycles. The number of carboxylic acids is 1. The fourth-order valence-electron chi connectivity index (χ4n) is 1.58. The highest BCUT2D eigenvalue weighted by molar-refractivity contribution is 8.00. The molecule has 1 rings (SSSR count). The first-order valence-corrected chi connectivity index (χ1v) is 6.44. The topological polar surface area (TPSA) is 37.3 Å². The van der Waals surface area contributed by atoms with E-state index < -0.39 is 23.2 Å². The Bertz CT molecular complexity index is 434. The molecule has 19 heavy (non-hydrogen) atoms. The molecular formula is C12H12F4O2S. The molecule has 0 aromatic heterocycles. The van der Waals surface area contributed by atoms with E-state index in [1.165, 1.54) is 18.2 Å². The summed E-state index contributed by atoms with van der Waals surface area (Å²) in [6, 6.07) is 5.40. The van der Waals surface area contributed by atoms with E-state index in [1.54, 1.807) is 6.07 Å². The van der Waals surface area contributed by atoms with Gasteiger partial charge < -0.3 is 5.11 Å². The minimum Gasteiger partial charge on any atom is -0.481 e. The van der Waals surface area contributed by atoms with Crippen LogP contribution in [0.1, 0.15) is 12.0 Å². The summed E-state index contributed by atoms with van der Waals surface area (Å²) in [6.07, 6.45) is -0.0957. The SMILES string of the molecule is O=C(O)C(CCSC(F)(F)F)Cc1cccc(F)c1. The third-order valence-corrected chi connectivity index (χ3v) is 3.22. The second kappa shape index (κ2) is 6.79. The van der Waals surface area contributed by atoms with Gasteiger partial charge in [-0.1, -0.05) is 23.9 Å². The molecule has 0 saturated carbocycles. The summed E-state index contributed by atoms with van der Waals surface area (Å²) in [4.78, 5) is 11.0. The molecular weight excluding hydrogens is 284 g/mol. The standard InChI is InChI=1S/C12H12F4O2S/c13-10-3-1-2-8(7-10)6-9(11(17)18)4-5-19-12(14,15)16/h1-3,7,9H,4-6H2,(H,17,18). The quantitative estimate of drug-likeness (QED) is 0.813. The van der Waals surface area contributed by atoms with Gasteiger partial charge in [0.1, 0.15) is 5.82 Å². The van der Waals surface area contributed by atoms with E-state index in [2.05, 4.69) is 0 Å². The maximum atomic E-state index is 12.9. The van der Waals surface area contributed by atoms with Crippen molar-refractivity contribution in [2.45, 2.75) is 18.3 Å². The van der Waals surface area contributed by atoms with Gasteiger partial charge in [-0.25, -0.2) is 4.39 Å². The molecule has 0 radical (unpaired) electrons. The fraction of sp³-hybridized carbons (Fsp3) is 0.417. The van der Waals surface area contributed by atoms with Crippen molar-refractivity contribution in [2.75, 3.05) is 5.75 Å². The van der Waals surface area contributed by atoms with Crippen molar-refractivity contribution >= 4 is 17.7 Å². The summed E-state index contributed by atoms with van der Waals surface area (Å²) in [7, 11) is 0. The first-order valence-electron chi connectivity index (χ1n) is 5.46. The summed E-state index contributed by atoms with van der Waals surface area (Å²) < 4.78 is 48.8. The highest BCUT2D eigenvalue weighted by Gasteiger charge is 2.29. The van der Waals surface area contributed by atoms with Crippen LogP contribution in [0.4, 0.5) is 17.6 Å². The third-order valence-electron chi connectivity index (χ3n) is 2.45. The van der Waals surface area contributed by atoms with Crippen molar-refractivity contribution in [3.05, 3.63) is 35.6 Å².